The molecule has 0 atom stereocenters. The standard InChI is InChI=1S/C15H18N4O/c1-3-8-16-15(20)13-9-14(18-10-17-13)19-12-6-4-11(2)5-7-12/h4-7,9-10H,3,8H2,1-2H3,(H,16,20)(H,17,18,19). The Hall–Kier alpha value is -2.43. The van der Waals surface area contributed by atoms with Gasteiger partial charge in [0.05, 0.1) is 0 Å². The maximum atomic E-state index is 11.8. The first-order valence-corrected chi connectivity index (χ1v) is 6.63. The number of nitrogens with one attached hydrogen (secondary N) is 2. The second-order valence-corrected chi connectivity index (χ2v) is 4.54. The first-order valence-electron chi connectivity index (χ1n) is 6.63. The van der Waals surface area contributed by atoms with Crippen LogP contribution >= 0.6 is 0 Å². The van der Waals surface area contributed by atoms with Crippen LogP contribution in [0.2, 0.25) is 0 Å². The summed E-state index contributed by atoms with van der Waals surface area (Å²) in [6.45, 7) is 4.68. The molecular formula is C15H18N4O. The zero-order chi connectivity index (χ0) is 14.4. The summed E-state index contributed by atoms with van der Waals surface area (Å²) >= 11 is 0. The first-order chi connectivity index (χ1) is 9.69. The Morgan fingerprint density at radius 2 is 1.95 bits per heavy atom. The number of anilines is 2. The molecule has 0 aliphatic heterocycles. The Bertz CT molecular complexity index is 581. The van der Waals surface area contributed by atoms with Crippen molar-refractivity contribution in [3.63, 3.8) is 0 Å². The Labute approximate surface area is 118 Å². The number of hydrogen-bond donors (Lipinski definition) is 2. The molecule has 0 saturated heterocycles. The Balaban J connectivity index is 2.09. The normalized spacial score (nSPS) is 10.1. The second-order valence-electron chi connectivity index (χ2n) is 4.54. The molecule has 5 nitrogen and oxygen atoms in total. The molecule has 0 fully saturated rings. The van der Waals surface area contributed by atoms with E-state index in [9.17, 15) is 4.79 Å². The fraction of sp³-hybridized carbons (Fsp3) is 0.267. The maximum Gasteiger partial charge on any atom is 0.270 e. The van der Waals surface area contributed by atoms with Crippen molar-refractivity contribution >= 4 is 17.4 Å². The van der Waals surface area contributed by atoms with E-state index in [1.165, 1.54) is 11.9 Å². The number of nitrogens with zero attached hydrogens (tertiary/aromatic N) is 2. The van der Waals surface area contributed by atoms with E-state index in [0.717, 1.165) is 12.1 Å². The zero-order valence-corrected chi connectivity index (χ0v) is 11.7. The third-order valence-electron chi connectivity index (χ3n) is 2.76. The summed E-state index contributed by atoms with van der Waals surface area (Å²) in [6, 6.07) is 9.60. The molecule has 2 N–H and O–H groups in total. The SMILES string of the molecule is CCCNC(=O)c1cc(Nc2ccc(C)cc2)ncn1. The minimum absolute atomic E-state index is 0.179. The number of hydrogen-bond acceptors (Lipinski definition) is 4. The largest absolute Gasteiger partial charge is 0.351 e. The average molecular weight is 270 g/mol. The maximum absolute atomic E-state index is 11.8. The van der Waals surface area contributed by atoms with Gasteiger partial charge in [0.15, 0.2) is 0 Å². The predicted octanol–water partition coefficient (Wildman–Crippen LogP) is 2.67. The van der Waals surface area contributed by atoms with Crippen molar-refractivity contribution in [1.29, 1.82) is 0 Å². The van der Waals surface area contributed by atoms with Gasteiger partial charge in [0, 0.05) is 18.3 Å². The third-order valence-corrected chi connectivity index (χ3v) is 2.76. The minimum atomic E-state index is -0.179. The number of amides is 1. The highest BCUT2D eigenvalue weighted by molar-refractivity contribution is 5.92. The average Bonchev–Trinajstić information content (AvgIpc) is 2.47. The lowest BCUT2D eigenvalue weighted by Gasteiger charge is -2.07. The van der Waals surface area contributed by atoms with Crippen molar-refractivity contribution in [2.75, 3.05) is 11.9 Å². The number of carbonyl (C=O) groups excluding carboxylic acids is 1. The molecule has 0 aliphatic rings. The second kappa shape index (κ2) is 6.65. The summed E-state index contributed by atoms with van der Waals surface area (Å²) in [4.78, 5) is 19.9. The van der Waals surface area contributed by atoms with Gasteiger partial charge in [0.2, 0.25) is 0 Å². The van der Waals surface area contributed by atoms with Gasteiger partial charge in [-0.2, -0.15) is 0 Å². The summed E-state index contributed by atoms with van der Waals surface area (Å²) in [6.07, 6.45) is 2.28. The van der Waals surface area contributed by atoms with Gasteiger partial charge in [-0.05, 0) is 25.5 Å². The summed E-state index contributed by atoms with van der Waals surface area (Å²) in [5, 5.41) is 5.94. The molecular weight excluding hydrogens is 252 g/mol. The smallest absolute Gasteiger partial charge is 0.270 e. The number of aryl methyl sites for hydroxylation is 1. The highest BCUT2D eigenvalue weighted by Gasteiger charge is 2.07. The van der Waals surface area contributed by atoms with Crippen LogP contribution < -0.4 is 10.6 Å². The van der Waals surface area contributed by atoms with Gasteiger partial charge in [0.25, 0.3) is 5.91 Å². The topological polar surface area (TPSA) is 66.9 Å². The van der Waals surface area contributed by atoms with Crippen molar-refractivity contribution in [2.45, 2.75) is 20.3 Å². The van der Waals surface area contributed by atoms with Gasteiger partial charge in [-0.15, -0.1) is 0 Å². The van der Waals surface area contributed by atoms with Crippen LogP contribution in [0.25, 0.3) is 0 Å². The van der Waals surface area contributed by atoms with Crippen molar-refractivity contribution in [1.82, 2.24) is 15.3 Å². The quantitative estimate of drug-likeness (QED) is 0.876. The van der Waals surface area contributed by atoms with Gasteiger partial charge >= 0.3 is 0 Å². The van der Waals surface area contributed by atoms with Crippen LogP contribution in [0.5, 0.6) is 0 Å². The Kier molecular flexibility index (Phi) is 4.65. The Morgan fingerprint density at radius 1 is 1.20 bits per heavy atom. The van der Waals surface area contributed by atoms with E-state index in [2.05, 4.69) is 20.6 Å². The van der Waals surface area contributed by atoms with E-state index in [0.29, 0.717) is 18.1 Å². The zero-order valence-electron chi connectivity index (χ0n) is 11.7. The molecule has 0 unspecified atom stereocenters. The highest BCUT2D eigenvalue weighted by Crippen LogP contribution is 2.15. The molecule has 20 heavy (non-hydrogen) atoms. The van der Waals surface area contributed by atoms with Crippen LogP contribution in [0.1, 0.15) is 29.4 Å². The van der Waals surface area contributed by atoms with E-state index in [-0.39, 0.29) is 5.91 Å². The molecule has 104 valence electrons. The Morgan fingerprint density at radius 3 is 2.65 bits per heavy atom. The van der Waals surface area contributed by atoms with Crippen LogP contribution in [-0.4, -0.2) is 22.4 Å². The lowest BCUT2D eigenvalue weighted by molar-refractivity contribution is 0.0948. The molecule has 0 saturated carbocycles. The van der Waals surface area contributed by atoms with E-state index in [1.54, 1.807) is 6.07 Å². The van der Waals surface area contributed by atoms with Crippen LogP contribution in [0.3, 0.4) is 0 Å². The summed E-state index contributed by atoms with van der Waals surface area (Å²) in [7, 11) is 0. The lowest BCUT2D eigenvalue weighted by atomic mass is 10.2. The minimum Gasteiger partial charge on any atom is -0.351 e. The van der Waals surface area contributed by atoms with E-state index in [4.69, 9.17) is 0 Å². The van der Waals surface area contributed by atoms with Crippen LogP contribution in [0.15, 0.2) is 36.7 Å². The summed E-state index contributed by atoms with van der Waals surface area (Å²) in [5.41, 5.74) is 2.48. The van der Waals surface area contributed by atoms with Gasteiger partial charge in [-0.25, -0.2) is 9.97 Å². The molecule has 1 amide bonds. The molecule has 2 aromatic rings. The molecule has 5 heteroatoms. The molecule has 1 aromatic carbocycles. The van der Waals surface area contributed by atoms with E-state index >= 15 is 0 Å². The highest BCUT2D eigenvalue weighted by atomic mass is 16.1. The van der Waals surface area contributed by atoms with Crippen molar-refractivity contribution in [2.24, 2.45) is 0 Å². The molecule has 0 spiro atoms. The molecule has 1 heterocycles. The van der Waals surface area contributed by atoms with Gasteiger partial charge in [-0.1, -0.05) is 24.6 Å². The van der Waals surface area contributed by atoms with E-state index < -0.39 is 0 Å². The molecule has 0 bridgehead atoms. The monoisotopic (exact) mass is 270 g/mol. The summed E-state index contributed by atoms with van der Waals surface area (Å²) in [5.74, 6) is 0.423. The fourth-order valence-corrected chi connectivity index (χ4v) is 1.66. The van der Waals surface area contributed by atoms with Gasteiger partial charge in [-0.3, -0.25) is 4.79 Å². The molecule has 2 rings (SSSR count). The van der Waals surface area contributed by atoms with E-state index in [1.807, 2.05) is 38.1 Å². The lowest BCUT2D eigenvalue weighted by Crippen LogP contribution is -2.25. The fourth-order valence-electron chi connectivity index (χ4n) is 1.66. The predicted molar refractivity (Wildman–Crippen MR) is 79.1 cm³/mol. The van der Waals surface area contributed by atoms with Crippen LogP contribution in [0, 0.1) is 6.92 Å². The molecule has 0 aliphatic carbocycles. The van der Waals surface area contributed by atoms with Crippen molar-refractivity contribution < 1.29 is 4.79 Å². The van der Waals surface area contributed by atoms with Crippen molar-refractivity contribution in [3.8, 4) is 0 Å². The first kappa shape index (κ1) is 14.0. The van der Waals surface area contributed by atoms with Gasteiger partial charge < -0.3 is 10.6 Å². The van der Waals surface area contributed by atoms with Crippen molar-refractivity contribution in [3.05, 3.63) is 47.9 Å². The van der Waals surface area contributed by atoms with Crippen LogP contribution in [0.4, 0.5) is 11.5 Å². The number of aromatic nitrogens is 2. The number of benzene rings is 1. The number of rotatable bonds is 5. The van der Waals surface area contributed by atoms with Gasteiger partial charge in [0.1, 0.15) is 17.8 Å². The summed E-state index contributed by atoms with van der Waals surface area (Å²) < 4.78 is 0. The number of carbonyl (C=O) groups is 1. The molecule has 1 aromatic heterocycles. The molecule has 0 radical (unpaired) electrons. The third kappa shape index (κ3) is 3.78. The van der Waals surface area contributed by atoms with Crippen LogP contribution in [-0.2, 0) is 0 Å².